The van der Waals surface area contributed by atoms with Gasteiger partial charge in [-0.05, 0) is 34.5 Å². The zero-order valence-corrected chi connectivity index (χ0v) is 14.3. The number of benzene rings is 2. The van der Waals surface area contributed by atoms with E-state index in [9.17, 15) is 4.79 Å². The Balaban J connectivity index is 1.77. The van der Waals surface area contributed by atoms with E-state index in [1.807, 2.05) is 36.4 Å². The molecule has 0 radical (unpaired) electrons. The van der Waals surface area contributed by atoms with Gasteiger partial charge in [0, 0.05) is 21.6 Å². The van der Waals surface area contributed by atoms with Crippen molar-refractivity contribution in [2.24, 2.45) is 0 Å². The molecule has 4 heteroatoms. The molecule has 0 spiro atoms. The molecule has 1 aromatic heterocycles. The highest BCUT2D eigenvalue weighted by Crippen LogP contribution is 2.52. The first kappa shape index (κ1) is 14.1. The number of nitrogens with one attached hydrogen (secondary N) is 1. The van der Waals surface area contributed by atoms with Crippen molar-refractivity contribution in [2.45, 2.75) is 10.1 Å². The number of thiophene rings is 1. The molecule has 0 saturated heterocycles. The zero-order valence-electron chi connectivity index (χ0n) is 12.7. The highest BCUT2D eigenvalue weighted by molar-refractivity contribution is 8.00. The molecule has 0 saturated carbocycles. The van der Waals surface area contributed by atoms with E-state index in [1.165, 1.54) is 10.5 Å². The fraction of sp³-hybridized carbons (Fsp3) is 0.0500. The second-order valence-corrected chi connectivity index (χ2v) is 7.77. The monoisotopic (exact) mass is 347 g/mol. The van der Waals surface area contributed by atoms with Crippen LogP contribution in [0.2, 0.25) is 0 Å². The Labute approximate surface area is 148 Å². The van der Waals surface area contributed by atoms with Crippen LogP contribution < -0.4 is 5.32 Å². The lowest BCUT2D eigenvalue weighted by molar-refractivity contribution is 0.103. The summed E-state index contributed by atoms with van der Waals surface area (Å²) < 4.78 is 0. The number of carbonyl (C=O) groups excluding carboxylic acids is 1. The van der Waals surface area contributed by atoms with Crippen molar-refractivity contribution < 1.29 is 4.79 Å². The van der Waals surface area contributed by atoms with Gasteiger partial charge in [0.25, 0.3) is 0 Å². The van der Waals surface area contributed by atoms with Crippen LogP contribution in [0.25, 0.3) is 5.70 Å². The molecule has 3 aromatic rings. The van der Waals surface area contributed by atoms with Gasteiger partial charge in [-0.3, -0.25) is 4.79 Å². The predicted octanol–water partition coefficient (Wildman–Crippen LogP) is 5.61. The number of thioether (sulfide) groups is 1. The van der Waals surface area contributed by atoms with E-state index in [-0.39, 0.29) is 11.0 Å². The molecule has 2 aromatic carbocycles. The molecule has 1 atom stereocenters. The van der Waals surface area contributed by atoms with Crippen molar-refractivity contribution in [3.63, 3.8) is 0 Å². The Morgan fingerprint density at radius 3 is 2.54 bits per heavy atom. The molecule has 24 heavy (non-hydrogen) atoms. The average molecular weight is 347 g/mol. The van der Waals surface area contributed by atoms with E-state index in [0.717, 1.165) is 28.1 Å². The second kappa shape index (κ2) is 5.36. The van der Waals surface area contributed by atoms with Crippen molar-refractivity contribution in [1.29, 1.82) is 0 Å². The van der Waals surface area contributed by atoms with Crippen molar-refractivity contribution in [1.82, 2.24) is 0 Å². The number of hydrogen-bond acceptors (Lipinski definition) is 4. The van der Waals surface area contributed by atoms with E-state index in [2.05, 4.69) is 34.3 Å². The Kier molecular flexibility index (Phi) is 3.15. The lowest BCUT2D eigenvalue weighted by Gasteiger charge is -2.15. The summed E-state index contributed by atoms with van der Waals surface area (Å²) in [6.07, 6.45) is 0. The first-order valence-corrected chi connectivity index (χ1v) is 9.58. The van der Waals surface area contributed by atoms with Gasteiger partial charge in [0.15, 0.2) is 5.78 Å². The lowest BCUT2D eigenvalue weighted by atomic mass is 10.0. The van der Waals surface area contributed by atoms with E-state index < -0.39 is 0 Å². The van der Waals surface area contributed by atoms with Crippen molar-refractivity contribution >= 4 is 40.3 Å². The molecular formula is C20H13NOS2. The molecule has 0 fully saturated rings. The zero-order chi connectivity index (χ0) is 16.1. The number of ketones is 1. The Morgan fingerprint density at radius 1 is 0.917 bits per heavy atom. The summed E-state index contributed by atoms with van der Waals surface area (Å²) in [5, 5.41) is 7.78. The molecule has 1 aliphatic carbocycles. The molecule has 5 rings (SSSR count). The van der Waals surface area contributed by atoms with Gasteiger partial charge in [0.1, 0.15) is 0 Å². The molecule has 116 valence electrons. The minimum atomic E-state index is 0.0160. The van der Waals surface area contributed by atoms with Gasteiger partial charge in [-0.2, -0.15) is 11.3 Å². The minimum absolute atomic E-state index is 0.0160. The summed E-state index contributed by atoms with van der Waals surface area (Å²) in [6, 6.07) is 18.3. The Morgan fingerprint density at radius 2 is 1.71 bits per heavy atom. The van der Waals surface area contributed by atoms with Crippen molar-refractivity contribution in [3.05, 3.63) is 87.6 Å². The van der Waals surface area contributed by atoms with Crippen LogP contribution in [-0.4, -0.2) is 5.78 Å². The summed E-state index contributed by atoms with van der Waals surface area (Å²) in [5.41, 5.74) is 5.90. The predicted molar refractivity (Wildman–Crippen MR) is 101 cm³/mol. The van der Waals surface area contributed by atoms with E-state index >= 15 is 0 Å². The number of anilines is 1. The fourth-order valence-electron chi connectivity index (χ4n) is 3.34. The largest absolute Gasteiger partial charge is 0.354 e. The summed E-state index contributed by atoms with van der Waals surface area (Å²) in [4.78, 5) is 14.3. The molecule has 2 heterocycles. The third-order valence-corrected chi connectivity index (χ3v) is 6.51. The van der Waals surface area contributed by atoms with E-state index in [1.54, 1.807) is 23.1 Å². The number of para-hydroxylation sites is 1. The van der Waals surface area contributed by atoms with Gasteiger partial charge in [-0.25, -0.2) is 0 Å². The van der Waals surface area contributed by atoms with Crippen LogP contribution in [-0.2, 0) is 0 Å². The molecular weight excluding hydrogens is 334 g/mol. The summed E-state index contributed by atoms with van der Waals surface area (Å²) in [7, 11) is 0. The van der Waals surface area contributed by atoms with Crippen LogP contribution in [0.1, 0.15) is 26.7 Å². The van der Waals surface area contributed by atoms with Crippen molar-refractivity contribution in [3.8, 4) is 0 Å². The number of fused-ring (bicyclic) bond motifs is 3. The van der Waals surface area contributed by atoms with Gasteiger partial charge in [-0.1, -0.05) is 36.4 Å². The molecule has 2 nitrogen and oxygen atoms in total. The number of carbonyl (C=O) groups is 1. The average Bonchev–Trinajstić information content (AvgIpc) is 3.19. The molecule has 1 N–H and O–H groups in total. The fourth-order valence-corrected chi connectivity index (χ4v) is 5.39. The smallest absolute Gasteiger partial charge is 0.193 e. The van der Waals surface area contributed by atoms with E-state index in [0.29, 0.717) is 0 Å². The highest BCUT2D eigenvalue weighted by atomic mass is 32.2. The standard InChI is InChI=1S/C20H13NOS2/c22-19-14-6-2-1-5-13(14)18-17(19)20(12-9-10-23-11-12)24-16-8-4-3-7-15(16)21-18/h1-11,20-21H/t20-/m1/s1. The number of hydrogen-bond donors (Lipinski definition) is 1. The van der Waals surface area contributed by atoms with Gasteiger partial charge in [0.2, 0.25) is 0 Å². The maximum absolute atomic E-state index is 13.1. The van der Waals surface area contributed by atoms with Gasteiger partial charge < -0.3 is 5.32 Å². The van der Waals surface area contributed by atoms with E-state index in [4.69, 9.17) is 0 Å². The third-order valence-electron chi connectivity index (χ3n) is 4.45. The molecule has 0 amide bonds. The quantitative estimate of drug-likeness (QED) is 0.620. The SMILES string of the molecule is O=C1C2=C(Nc3ccccc3S[C@@H]2c2ccsc2)c2ccccc21. The van der Waals surface area contributed by atoms with Crippen LogP contribution in [0.5, 0.6) is 0 Å². The van der Waals surface area contributed by atoms with Crippen LogP contribution in [0.3, 0.4) is 0 Å². The molecule has 2 aliphatic rings. The van der Waals surface area contributed by atoms with Gasteiger partial charge in [0.05, 0.1) is 16.6 Å². The first-order chi connectivity index (χ1) is 11.8. The number of rotatable bonds is 1. The second-order valence-electron chi connectivity index (χ2n) is 5.84. The Hall–Kier alpha value is -2.30. The first-order valence-electron chi connectivity index (χ1n) is 7.76. The Bertz CT molecular complexity index is 988. The van der Waals surface area contributed by atoms with Crippen LogP contribution in [0.15, 0.2) is 75.8 Å². The minimum Gasteiger partial charge on any atom is -0.354 e. The molecule has 0 unspecified atom stereocenters. The third kappa shape index (κ3) is 2.00. The van der Waals surface area contributed by atoms with Crippen molar-refractivity contribution in [2.75, 3.05) is 5.32 Å². The highest BCUT2D eigenvalue weighted by Gasteiger charge is 2.38. The van der Waals surface area contributed by atoms with Crippen LogP contribution >= 0.6 is 23.1 Å². The van der Waals surface area contributed by atoms with Crippen LogP contribution in [0, 0.1) is 0 Å². The van der Waals surface area contributed by atoms with Gasteiger partial charge >= 0.3 is 0 Å². The van der Waals surface area contributed by atoms with Crippen LogP contribution in [0.4, 0.5) is 5.69 Å². The topological polar surface area (TPSA) is 29.1 Å². The normalized spacial score (nSPS) is 18.5. The molecule has 0 bridgehead atoms. The lowest BCUT2D eigenvalue weighted by Crippen LogP contribution is -2.06. The summed E-state index contributed by atoms with van der Waals surface area (Å²) in [5.74, 6) is 0.143. The summed E-state index contributed by atoms with van der Waals surface area (Å²) in [6.45, 7) is 0. The molecule has 1 aliphatic heterocycles. The maximum Gasteiger partial charge on any atom is 0.193 e. The maximum atomic E-state index is 13.1. The number of Topliss-reactive ketones (excluding diaryl/α,β-unsaturated/α-hetero) is 1. The van der Waals surface area contributed by atoms with Gasteiger partial charge in [-0.15, -0.1) is 11.8 Å². The summed E-state index contributed by atoms with van der Waals surface area (Å²) >= 11 is 3.42.